The van der Waals surface area contributed by atoms with Crippen LogP contribution in [-0.2, 0) is 4.79 Å². The first-order chi connectivity index (χ1) is 9.88. The second-order valence-electron chi connectivity index (χ2n) is 6.46. The minimum Gasteiger partial charge on any atom is -0.342 e. The number of anilines is 1. The van der Waals surface area contributed by atoms with Gasteiger partial charge in [-0.25, -0.2) is 0 Å². The van der Waals surface area contributed by atoms with Crippen LogP contribution in [0.15, 0.2) is 35.2 Å². The Morgan fingerprint density at radius 3 is 2.48 bits per heavy atom. The molecule has 0 radical (unpaired) electrons. The molecule has 1 saturated carbocycles. The Labute approximate surface area is 122 Å². The molecule has 110 valence electrons. The second-order valence-corrected chi connectivity index (χ2v) is 6.46. The molecule has 1 aliphatic rings. The first-order valence-corrected chi connectivity index (χ1v) is 6.85. The lowest BCUT2D eigenvalue weighted by molar-refractivity contribution is -0.128. The van der Waals surface area contributed by atoms with Crippen LogP contribution in [0.4, 0.5) is 5.69 Å². The van der Waals surface area contributed by atoms with Crippen LogP contribution in [-0.4, -0.2) is 21.6 Å². The third-order valence-corrected chi connectivity index (χ3v) is 3.80. The Hall–Kier alpha value is -2.21. The van der Waals surface area contributed by atoms with E-state index in [1.807, 2.05) is 12.1 Å². The number of amides is 1. The summed E-state index contributed by atoms with van der Waals surface area (Å²) in [5.74, 6) is 0.387. The summed E-state index contributed by atoms with van der Waals surface area (Å²) < 4.78 is 4.70. The number of rotatable bonds is 3. The molecule has 1 aliphatic carbocycles. The maximum atomic E-state index is 12.2. The monoisotopic (exact) mass is 286 g/mol. The Kier molecular flexibility index (Phi) is 3.06. The van der Waals surface area contributed by atoms with Gasteiger partial charge in [0.05, 0.1) is 5.54 Å². The van der Waals surface area contributed by atoms with Gasteiger partial charge in [0, 0.05) is 11.3 Å². The van der Waals surface area contributed by atoms with Gasteiger partial charge in [-0.2, -0.15) is 4.98 Å². The second kappa shape index (κ2) is 4.66. The summed E-state index contributed by atoms with van der Waals surface area (Å²) in [6, 6.07) is 7.26. The largest absolute Gasteiger partial charge is 0.342 e. The van der Waals surface area contributed by atoms with Gasteiger partial charge in [0.25, 0.3) is 0 Å². The zero-order valence-electron chi connectivity index (χ0n) is 12.1. The summed E-state index contributed by atoms with van der Waals surface area (Å²) in [5, 5.41) is 6.63. The topological polar surface area (TPSA) is 94.0 Å². The van der Waals surface area contributed by atoms with Crippen molar-refractivity contribution in [2.45, 2.75) is 32.2 Å². The SMILES string of the molecule is CC1(C)CC(N)(C(=O)Nc2ccc(-c3ncon3)cc2)C1. The predicted octanol–water partition coefficient (Wildman–Crippen LogP) is 2.19. The Morgan fingerprint density at radius 2 is 1.95 bits per heavy atom. The van der Waals surface area contributed by atoms with E-state index < -0.39 is 5.54 Å². The van der Waals surface area contributed by atoms with Gasteiger partial charge in [0.15, 0.2) is 0 Å². The average Bonchev–Trinajstić information content (AvgIpc) is 2.91. The van der Waals surface area contributed by atoms with E-state index >= 15 is 0 Å². The minimum absolute atomic E-state index is 0.130. The summed E-state index contributed by atoms with van der Waals surface area (Å²) >= 11 is 0. The van der Waals surface area contributed by atoms with E-state index in [1.165, 1.54) is 6.39 Å². The third kappa shape index (κ3) is 2.67. The molecule has 0 bridgehead atoms. The van der Waals surface area contributed by atoms with Gasteiger partial charge < -0.3 is 15.6 Å². The number of nitrogens with one attached hydrogen (secondary N) is 1. The molecule has 0 unspecified atom stereocenters. The maximum absolute atomic E-state index is 12.2. The Bertz CT molecular complexity index is 639. The fourth-order valence-corrected chi connectivity index (χ4v) is 3.07. The number of carbonyl (C=O) groups is 1. The Morgan fingerprint density at radius 1 is 1.29 bits per heavy atom. The first kappa shape index (κ1) is 13.8. The molecule has 21 heavy (non-hydrogen) atoms. The quantitative estimate of drug-likeness (QED) is 0.902. The zero-order chi connectivity index (χ0) is 15.1. The molecule has 3 N–H and O–H groups in total. The molecule has 0 aliphatic heterocycles. The molecule has 1 aromatic heterocycles. The summed E-state index contributed by atoms with van der Waals surface area (Å²) in [5.41, 5.74) is 7.06. The van der Waals surface area contributed by atoms with Crippen molar-refractivity contribution in [3.8, 4) is 11.4 Å². The van der Waals surface area contributed by atoms with Crippen LogP contribution in [0.3, 0.4) is 0 Å². The molecule has 0 spiro atoms. The van der Waals surface area contributed by atoms with Crippen LogP contribution in [0.1, 0.15) is 26.7 Å². The summed E-state index contributed by atoms with van der Waals surface area (Å²) in [7, 11) is 0. The lowest BCUT2D eigenvalue weighted by atomic mass is 9.59. The van der Waals surface area contributed by atoms with Gasteiger partial charge in [0.1, 0.15) is 0 Å². The van der Waals surface area contributed by atoms with Gasteiger partial charge in [0.2, 0.25) is 18.1 Å². The van der Waals surface area contributed by atoms with Crippen molar-refractivity contribution in [3.63, 3.8) is 0 Å². The molecule has 1 fully saturated rings. The molecule has 1 aromatic carbocycles. The fraction of sp³-hybridized carbons (Fsp3) is 0.400. The van der Waals surface area contributed by atoms with E-state index in [2.05, 4.69) is 29.3 Å². The molecular formula is C15H18N4O2. The molecule has 6 nitrogen and oxygen atoms in total. The van der Waals surface area contributed by atoms with E-state index in [9.17, 15) is 4.79 Å². The van der Waals surface area contributed by atoms with E-state index in [4.69, 9.17) is 10.3 Å². The number of carbonyl (C=O) groups excluding carboxylic acids is 1. The van der Waals surface area contributed by atoms with E-state index in [1.54, 1.807) is 12.1 Å². The predicted molar refractivity (Wildman–Crippen MR) is 78.3 cm³/mol. The maximum Gasteiger partial charge on any atom is 0.244 e. The lowest BCUT2D eigenvalue weighted by Crippen LogP contribution is -2.63. The van der Waals surface area contributed by atoms with Crippen molar-refractivity contribution < 1.29 is 9.32 Å². The summed E-state index contributed by atoms with van der Waals surface area (Å²) in [4.78, 5) is 16.2. The number of hydrogen-bond acceptors (Lipinski definition) is 5. The van der Waals surface area contributed by atoms with Gasteiger partial charge in [-0.3, -0.25) is 4.79 Å². The average molecular weight is 286 g/mol. The third-order valence-electron chi connectivity index (χ3n) is 3.80. The van der Waals surface area contributed by atoms with E-state index in [0.29, 0.717) is 24.4 Å². The van der Waals surface area contributed by atoms with Gasteiger partial charge >= 0.3 is 0 Å². The van der Waals surface area contributed by atoms with Crippen LogP contribution in [0.2, 0.25) is 0 Å². The highest BCUT2D eigenvalue weighted by Gasteiger charge is 2.51. The molecule has 1 heterocycles. The highest BCUT2D eigenvalue weighted by atomic mass is 16.5. The highest BCUT2D eigenvalue weighted by Crippen LogP contribution is 2.46. The molecule has 2 aromatic rings. The van der Waals surface area contributed by atoms with Crippen molar-refractivity contribution in [1.29, 1.82) is 0 Å². The minimum atomic E-state index is -0.754. The molecule has 3 rings (SSSR count). The normalized spacial score (nSPS) is 18.8. The van der Waals surface area contributed by atoms with Crippen LogP contribution in [0.25, 0.3) is 11.4 Å². The molecule has 1 amide bonds. The van der Waals surface area contributed by atoms with Crippen molar-refractivity contribution in [2.24, 2.45) is 11.1 Å². The van der Waals surface area contributed by atoms with Crippen molar-refractivity contribution >= 4 is 11.6 Å². The standard InChI is InChI=1S/C15H18N4O2/c1-14(2)7-15(16,8-14)13(20)18-11-5-3-10(4-6-11)12-17-9-21-19-12/h3-6,9H,7-8,16H2,1-2H3,(H,18,20). The molecule has 0 saturated heterocycles. The number of nitrogens with zero attached hydrogens (tertiary/aromatic N) is 2. The Balaban J connectivity index is 1.67. The van der Waals surface area contributed by atoms with Gasteiger partial charge in [-0.1, -0.05) is 19.0 Å². The highest BCUT2D eigenvalue weighted by molar-refractivity contribution is 5.99. The number of hydrogen-bond donors (Lipinski definition) is 2. The van der Waals surface area contributed by atoms with Crippen LogP contribution >= 0.6 is 0 Å². The van der Waals surface area contributed by atoms with Gasteiger partial charge in [-0.05, 0) is 42.5 Å². The lowest BCUT2D eigenvalue weighted by Gasteiger charge is -2.49. The first-order valence-electron chi connectivity index (χ1n) is 6.85. The summed E-state index contributed by atoms with van der Waals surface area (Å²) in [6.07, 6.45) is 2.68. The number of aromatic nitrogens is 2. The van der Waals surface area contributed by atoms with E-state index in [-0.39, 0.29) is 11.3 Å². The van der Waals surface area contributed by atoms with Crippen LogP contribution < -0.4 is 11.1 Å². The van der Waals surface area contributed by atoms with Crippen molar-refractivity contribution in [1.82, 2.24) is 10.1 Å². The fourth-order valence-electron chi connectivity index (χ4n) is 3.07. The van der Waals surface area contributed by atoms with Crippen molar-refractivity contribution in [2.75, 3.05) is 5.32 Å². The molecular weight excluding hydrogens is 268 g/mol. The van der Waals surface area contributed by atoms with Gasteiger partial charge in [-0.15, -0.1) is 0 Å². The van der Waals surface area contributed by atoms with Crippen LogP contribution in [0.5, 0.6) is 0 Å². The zero-order valence-corrected chi connectivity index (χ0v) is 12.1. The van der Waals surface area contributed by atoms with Crippen LogP contribution in [0, 0.1) is 5.41 Å². The molecule has 0 atom stereocenters. The molecule has 6 heteroatoms. The van der Waals surface area contributed by atoms with E-state index in [0.717, 1.165) is 5.56 Å². The summed E-state index contributed by atoms with van der Waals surface area (Å²) in [6.45, 7) is 4.23. The number of benzene rings is 1. The number of nitrogens with two attached hydrogens (primary N) is 1. The smallest absolute Gasteiger partial charge is 0.244 e. The van der Waals surface area contributed by atoms with Crippen molar-refractivity contribution in [3.05, 3.63) is 30.7 Å².